The Morgan fingerprint density at radius 3 is 2.62 bits per heavy atom. The number of aromatic nitrogens is 4. The molecule has 1 aliphatic carbocycles. The average molecular weight is 363 g/mol. The number of hydrogen-bond donors (Lipinski definition) is 3. The van der Waals surface area contributed by atoms with Crippen LogP contribution in [0.25, 0.3) is 11.2 Å². The highest BCUT2D eigenvalue weighted by Gasteiger charge is 2.44. The second kappa shape index (κ2) is 7.07. The molecular weight excluding hydrogens is 338 g/mol. The van der Waals surface area contributed by atoms with Crippen LogP contribution in [0.15, 0.2) is 12.7 Å². The Labute approximate surface area is 151 Å². The van der Waals surface area contributed by atoms with E-state index in [4.69, 9.17) is 4.74 Å². The Kier molecular flexibility index (Phi) is 4.78. The molecule has 3 heterocycles. The zero-order valence-electron chi connectivity index (χ0n) is 14.8. The minimum absolute atomic E-state index is 0.369. The number of ether oxygens (including phenoxy) is 1. The number of imidazole rings is 1. The maximum atomic E-state index is 10.3. The van der Waals surface area contributed by atoms with Crippen LogP contribution in [0.5, 0.6) is 0 Å². The molecule has 2 aromatic rings. The first-order valence-corrected chi connectivity index (χ1v) is 9.14. The van der Waals surface area contributed by atoms with E-state index in [1.807, 2.05) is 7.05 Å². The zero-order chi connectivity index (χ0) is 18.3. The molecule has 0 aromatic carbocycles. The van der Waals surface area contributed by atoms with Gasteiger partial charge in [0.1, 0.15) is 24.6 Å². The summed E-state index contributed by atoms with van der Waals surface area (Å²) in [6.45, 7) is -0.369. The van der Waals surface area contributed by atoms with Gasteiger partial charge in [-0.15, -0.1) is 0 Å². The van der Waals surface area contributed by atoms with Crippen molar-refractivity contribution in [1.82, 2.24) is 19.5 Å². The standard InChI is InChI=1S/C17H25N5O4/c1-21(10-5-3-2-4-6-10)15-12-16(19-8-18-15)22(9-20-12)17-14(25)13(24)11(7-23)26-17/h8-11,13-14,17,23-25H,2-7H2,1H3. The number of aliphatic hydroxyl groups excluding tert-OH is 3. The molecule has 1 saturated carbocycles. The van der Waals surface area contributed by atoms with Gasteiger partial charge in [0.2, 0.25) is 0 Å². The highest BCUT2D eigenvalue weighted by molar-refractivity contribution is 5.83. The number of fused-ring (bicyclic) bond motifs is 1. The van der Waals surface area contributed by atoms with Crippen LogP contribution < -0.4 is 4.90 Å². The molecule has 0 radical (unpaired) electrons. The van der Waals surface area contributed by atoms with Crippen LogP contribution in [0.1, 0.15) is 38.3 Å². The van der Waals surface area contributed by atoms with Crippen LogP contribution in [0.4, 0.5) is 5.82 Å². The molecule has 2 aliphatic rings. The molecule has 3 N–H and O–H groups in total. The fraction of sp³-hybridized carbons (Fsp3) is 0.706. The molecule has 0 spiro atoms. The normalized spacial score (nSPS) is 30.2. The topological polar surface area (TPSA) is 117 Å². The van der Waals surface area contributed by atoms with Crippen LogP contribution in [0.3, 0.4) is 0 Å². The molecule has 0 bridgehead atoms. The van der Waals surface area contributed by atoms with Gasteiger partial charge in [0.05, 0.1) is 12.9 Å². The van der Waals surface area contributed by atoms with Crippen molar-refractivity contribution in [2.24, 2.45) is 0 Å². The van der Waals surface area contributed by atoms with E-state index < -0.39 is 24.5 Å². The third-order valence-electron chi connectivity index (χ3n) is 5.59. The van der Waals surface area contributed by atoms with Crippen molar-refractivity contribution in [1.29, 1.82) is 0 Å². The van der Waals surface area contributed by atoms with E-state index in [1.165, 1.54) is 31.9 Å². The first-order valence-electron chi connectivity index (χ1n) is 9.14. The summed E-state index contributed by atoms with van der Waals surface area (Å²) in [6, 6.07) is 0.431. The van der Waals surface area contributed by atoms with Crippen LogP contribution in [0, 0.1) is 0 Å². The van der Waals surface area contributed by atoms with Crippen LogP contribution in [-0.2, 0) is 4.74 Å². The first-order chi connectivity index (χ1) is 12.6. The van der Waals surface area contributed by atoms with Crippen molar-refractivity contribution in [3.05, 3.63) is 12.7 Å². The molecule has 9 heteroatoms. The molecular formula is C17H25N5O4. The molecule has 26 heavy (non-hydrogen) atoms. The van der Waals surface area contributed by atoms with E-state index in [0.29, 0.717) is 17.2 Å². The predicted octanol–water partition coefficient (Wildman–Crippen LogP) is 0.207. The minimum atomic E-state index is -1.17. The third kappa shape index (κ3) is 2.84. The van der Waals surface area contributed by atoms with Crippen molar-refractivity contribution >= 4 is 17.0 Å². The molecule has 2 fully saturated rings. The summed E-state index contributed by atoms with van der Waals surface area (Å²) in [5.74, 6) is 0.757. The lowest BCUT2D eigenvalue weighted by Gasteiger charge is -2.32. The average Bonchev–Trinajstić information content (AvgIpc) is 3.23. The van der Waals surface area contributed by atoms with Gasteiger partial charge in [-0.2, -0.15) is 0 Å². The van der Waals surface area contributed by atoms with Crippen LogP contribution in [-0.4, -0.2) is 72.8 Å². The van der Waals surface area contributed by atoms with Crippen LogP contribution >= 0.6 is 0 Å². The van der Waals surface area contributed by atoms with Crippen molar-refractivity contribution in [3.63, 3.8) is 0 Å². The summed E-state index contributed by atoms with van der Waals surface area (Å²) in [7, 11) is 2.03. The van der Waals surface area contributed by atoms with Gasteiger partial charge in [-0.25, -0.2) is 15.0 Å². The van der Waals surface area contributed by atoms with Gasteiger partial charge in [0.25, 0.3) is 0 Å². The van der Waals surface area contributed by atoms with E-state index in [0.717, 1.165) is 18.7 Å². The monoisotopic (exact) mass is 363 g/mol. The Hall–Kier alpha value is -1.81. The Bertz CT molecular complexity index is 763. The Balaban J connectivity index is 1.67. The minimum Gasteiger partial charge on any atom is -0.394 e. The number of rotatable bonds is 4. The molecule has 9 nitrogen and oxygen atoms in total. The van der Waals surface area contributed by atoms with E-state index in [-0.39, 0.29) is 6.61 Å². The number of nitrogens with zero attached hydrogens (tertiary/aromatic N) is 5. The molecule has 1 saturated heterocycles. The lowest BCUT2D eigenvalue weighted by molar-refractivity contribution is -0.0511. The van der Waals surface area contributed by atoms with Gasteiger partial charge in [0, 0.05) is 13.1 Å². The van der Waals surface area contributed by atoms with E-state index in [1.54, 1.807) is 4.57 Å². The lowest BCUT2D eigenvalue weighted by Crippen LogP contribution is -2.34. The van der Waals surface area contributed by atoms with Gasteiger partial charge < -0.3 is 25.0 Å². The summed E-state index contributed by atoms with van der Waals surface area (Å²) in [5, 5.41) is 29.6. The summed E-state index contributed by atoms with van der Waals surface area (Å²) in [4.78, 5) is 15.4. The number of hydrogen-bond acceptors (Lipinski definition) is 8. The van der Waals surface area contributed by atoms with E-state index >= 15 is 0 Å². The van der Waals surface area contributed by atoms with Crippen molar-refractivity contribution < 1.29 is 20.1 Å². The summed E-state index contributed by atoms with van der Waals surface area (Å²) in [5.41, 5.74) is 1.17. The molecule has 142 valence electrons. The number of aliphatic hydroxyl groups is 3. The Morgan fingerprint density at radius 2 is 1.92 bits per heavy atom. The van der Waals surface area contributed by atoms with Crippen LogP contribution in [0.2, 0.25) is 0 Å². The van der Waals surface area contributed by atoms with Gasteiger partial charge in [0.15, 0.2) is 23.2 Å². The molecule has 4 rings (SSSR count). The summed E-state index contributed by atoms with van der Waals surface area (Å²) in [6.07, 6.45) is 5.01. The van der Waals surface area contributed by atoms with Gasteiger partial charge in [-0.3, -0.25) is 4.57 Å². The third-order valence-corrected chi connectivity index (χ3v) is 5.59. The van der Waals surface area contributed by atoms with Gasteiger partial charge in [-0.1, -0.05) is 19.3 Å². The van der Waals surface area contributed by atoms with Crippen molar-refractivity contribution in [2.45, 2.75) is 62.7 Å². The fourth-order valence-corrected chi connectivity index (χ4v) is 4.04. The molecule has 2 aromatic heterocycles. The fourth-order valence-electron chi connectivity index (χ4n) is 4.04. The van der Waals surface area contributed by atoms with Gasteiger partial charge in [-0.05, 0) is 12.8 Å². The van der Waals surface area contributed by atoms with E-state index in [9.17, 15) is 15.3 Å². The largest absolute Gasteiger partial charge is 0.394 e. The SMILES string of the molecule is CN(c1ncnc2c1ncn2C1OC(CO)C(O)C1O)C1CCCCC1. The maximum Gasteiger partial charge on any atom is 0.167 e. The molecule has 1 aliphatic heterocycles. The highest BCUT2D eigenvalue weighted by atomic mass is 16.6. The summed E-state index contributed by atoms with van der Waals surface area (Å²) >= 11 is 0. The molecule has 4 unspecified atom stereocenters. The van der Waals surface area contributed by atoms with Crippen molar-refractivity contribution in [3.8, 4) is 0 Å². The van der Waals surface area contributed by atoms with Crippen molar-refractivity contribution in [2.75, 3.05) is 18.6 Å². The lowest BCUT2D eigenvalue weighted by atomic mass is 9.94. The Morgan fingerprint density at radius 1 is 1.15 bits per heavy atom. The maximum absolute atomic E-state index is 10.3. The zero-order valence-corrected chi connectivity index (χ0v) is 14.8. The van der Waals surface area contributed by atoms with Gasteiger partial charge >= 0.3 is 0 Å². The molecule has 4 atom stereocenters. The second-order valence-electron chi connectivity index (χ2n) is 7.15. The second-order valence-corrected chi connectivity index (χ2v) is 7.15. The smallest absolute Gasteiger partial charge is 0.167 e. The highest BCUT2D eigenvalue weighted by Crippen LogP contribution is 2.33. The summed E-state index contributed by atoms with van der Waals surface area (Å²) < 4.78 is 7.20. The number of anilines is 1. The quantitative estimate of drug-likeness (QED) is 0.706. The first kappa shape index (κ1) is 17.6. The predicted molar refractivity (Wildman–Crippen MR) is 93.6 cm³/mol. The molecule has 0 amide bonds. The van der Waals surface area contributed by atoms with E-state index in [2.05, 4.69) is 19.9 Å².